The fourth-order valence-electron chi connectivity index (χ4n) is 2.97. The average molecular weight is 256 g/mol. The maximum absolute atomic E-state index is 12.8. The van der Waals surface area contributed by atoms with Crippen molar-refractivity contribution >= 4 is 5.91 Å². The minimum absolute atomic E-state index is 0.0511. The molecule has 1 aliphatic rings. The van der Waals surface area contributed by atoms with Crippen molar-refractivity contribution < 1.29 is 9.90 Å². The van der Waals surface area contributed by atoms with E-state index < -0.39 is 0 Å². The number of nitrogens with zero attached hydrogens (tertiary/aromatic N) is 1. The van der Waals surface area contributed by atoms with Crippen LogP contribution in [0.4, 0.5) is 0 Å². The number of nitrogens with one attached hydrogen (secondary N) is 1. The van der Waals surface area contributed by atoms with Crippen LogP contribution in [0.3, 0.4) is 0 Å². The van der Waals surface area contributed by atoms with E-state index in [9.17, 15) is 9.90 Å². The van der Waals surface area contributed by atoms with Crippen molar-refractivity contribution in [2.24, 2.45) is 5.41 Å². The van der Waals surface area contributed by atoms with E-state index in [-0.39, 0.29) is 24.0 Å². The smallest absolute Gasteiger partial charge is 0.230 e. The molecule has 1 rings (SSSR count). The Hall–Kier alpha value is -0.610. The maximum Gasteiger partial charge on any atom is 0.230 e. The van der Waals surface area contributed by atoms with Crippen molar-refractivity contribution in [3.8, 4) is 0 Å². The van der Waals surface area contributed by atoms with Gasteiger partial charge in [-0.25, -0.2) is 0 Å². The van der Waals surface area contributed by atoms with Crippen LogP contribution in [0.25, 0.3) is 0 Å². The van der Waals surface area contributed by atoms with Crippen molar-refractivity contribution in [2.45, 2.75) is 52.5 Å². The van der Waals surface area contributed by atoms with Gasteiger partial charge in [0, 0.05) is 19.1 Å². The van der Waals surface area contributed by atoms with Gasteiger partial charge in [-0.15, -0.1) is 0 Å². The average Bonchev–Trinajstić information content (AvgIpc) is 2.88. The molecule has 0 spiro atoms. The molecule has 0 radical (unpaired) electrons. The first kappa shape index (κ1) is 15.4. The van der Waals surface area contributed by atoms with Gasteiger partial charge in [0.15, 0.2) is 0 Å². The molecule has 2 N–H and O–H groups in total. The van der Waals surface area contributed by atoms with Crippen LogP contribution in [-0.2, 0) is 4.79 Å². The van der Waals surface area contributed by atoms with Gasteiger partial charge in [0.25, 0.3) is 0 Å². The molecule has 1 saturated heterocycles. The molecule has 0 saturated carbocycles. The molecular formula is C14H28N2O2. The molecule has 4 heteroatoms. The Bertz CT molecular complexity index is 259. The van der Waals surface area contributed by atoms with Crippen molar-refractivity contribution in [3.05, 3.63) is 0 Å². The van der Waals surface area contributed by atoms with Crippen molar-refractivity contribution in [1.29, 1.82) is 0 Å². The Kier molecular flexibility index (Phi) is 6.09. The summed E-state index contributed by atoms with van der Waals surface area (Å²) in [6, 6.07) is 0.258. The van der Waals surface area contributed by atoms with E-state index in [1.165, 1.54) is 0 Å². The van der Waals surface area contributed by atoms with Crippen LogP contribution < -0.4 is 5.32 Å². The lowest BCUT2D eigenvalue weighted by Gasteiger charge is -2.37. The van der Waals surface area contributed by atoms with E-state index in [2.05, 4.69) is 26.1 Å². The van der Waals surface area contributed by atoms with Crippen LogP contribution in [-0.4, -0.2) is 48.2 Å². The van der Waals surface area contributed by atoms with Gasteiger partial charge >= 0.3 is 0 Å². The van der Waals surface area contributed by atoms with E-state index in [4.69, 9.17) is 0 Å². The molecule has 1 fully saturated rings. The number of rotatable bonds is 7. The zero-order valence-corrected chi connectivity index (χ0v) is 12.0. The number of amides is 1. The van der Waals surface area contributed by atoms with Gasteiger partial charge in [-0.1, -0.05) is 20.8 Å². The second kappa shape index (κ2) is 7.10. The van der Waals surface area contributed by atoms with E-state index in [1.54, 1.807) is 0 Å². The van der Waals surface area contributed by atoms with Gasteiger partial charge < -0.3 is 15.3 Å². The zero-order chi connectivity index (χ0) is 13.6. The van der Waals surface area contributed by atoms with Gasteiger partial charge in [0.2, 0.25) is 5.91 Å². The minimum atomic E-state index is -0.238. The molecule has 0 aromatic heterocycles. The van der Waals surface area contributed by atoms with Gasteiger partial charge in [0.1, 0.15) is 0 Å². The Balaban J connectivity index is 2.86. The molecule has 1 amide bonds. The fraction of sp³-hybridized carbons (Fsp3) is 0.929. The molecule has 18 heavy (non-hydrogen) atoms. The summed E-state index contributed by atoms with van der Waals surface area (Å²) in [7, 11) is 0. The van der Waals surface area contributed by atoms with Crippen molar-refractivity contribution in [3.63, 3.8) is 0 Å². The highest BCUT2D eigenvalue weighted by Crippen LogP contribution is 2.33. The number of aliphatic hydroxyl groups is 1. The number of hydrogen-bond donors (Lipinski definition) is 2. The molecule has 0 aromatic carbocycles. The summed E-state index contributed by atoms with van der Waals surface area (Å²) < 4.78 is 0. The van der Waals surface area contributed by atoms with Crippen molar-refractivity contribution in [1.82, 2.24) is 10.2 Å². The predicted molar refractivity (Wildman–Crippen MR) is 73.4 cm³/mol. The normalized spacial score (nSPS) is 23.6. The first-order valence-corrected chi connectivity index (χ1v) is 7.27. The first-order valence-electron chi connectivity index (χ1n) is 7.27. The highest BCUT2D eigenvalue weighted by Gasteiger charge is 2.42. The quantitative estimate of drug-likeness (QED) is 0.723. The highest BCUT2D eigenvalue weighted by atomic mass is 16.3. The van der Waals surface area contributed by atoms with E-state index in [0.717, 1.165) is 38.8 Å². The minimum Gasteiger partial charge on any atom is -0.395 e. The number of carbonyl (C=O) groups excluding carboxylic acids is 1. The molecule has 1 heterocycles. The van der Waals surface area contributed by atoms with Crippen LogP contribution in [0.5, 0.6) is 0 Å². The van der Waals surface area contributed by atoms with Crippen LogP contribution in [0, 0.1) is 5.41 Å². The predicted octanol–water partition coefficient (Wildman–Crippen LogP) is 1.39. The third-order valence-corrected chi connectivity index (χ3v) is 4.36. The molecular weight excluding hydrogens is 228 g/mol. The SMILES string of the molecule is CCC(CC)N(CCO)C(=O)C1(CC)CCNC1. The van der Waals surface area contributed by atoms with Gasteiger partial charge in [-0.05, 0) is 32.2 Å². The van der Waals surface area contributed by atoms with Crippen LogP contribution >= 0.6 is 0 Å². The lowest BCUT2D eigenvalue weighted by atomic mass is 9.82. The molecule has 1 aliphatic heterocycles. The molecule has 1 unspecified atom stereocenters. The molecule has 4 nitrogen and oxygen atoms in total. The van der Waals surface area contributed by atoms with E-state index in [0.29, 0.717) is 6.54 Å². The summed E-state index contributed by atoms with van der Waals surface area (Å²) in [5, 5.41) is 12.5. The Labute approximate surface area is 111 Å². The highest BCUT2D eigenvalue weighted by molar-refractivity contribution is 5.83. The number of aliphatic hydroxyl groups excluding tert-OH is 1. The third kappa shape index (κ3) is 3.04. The van der Waals surface area contributed by atoms with Crippen LogP contribution in [0.1, 0.15) is 46.5 Å². The lowest BCUT2D eigenvalue weighted by molar-refractivity contribution is -0.144. The summed E-state index contributed by atoms with van der Waals surface area (Å²) in [4.78, 5) is 14.7. The van der Waals surface area contributed by atoms with Crippen molar-refractivity contribution in [2.75, 3.05) is 26.2 Å². The van der Waals surface area contributed by atoms with Gasteiger partial charge in [0.05, 0.1) is 12.0 Å². The molecule has 1 atom stereocenters. The molecule has 106 valence electrons. The maximum atomic E-state index is 12.8. The summed E-state index contributed by atoms with van der Waals surface area (Å²) >= 11 is 0. The Morgan fingerprint density at radius 2 is 2.06 bits per heavy atom. The standard InChI is InChI=1S/C14H28N2O2/c1-4-12(5-2)16(9-10-17)13(18)14(6-3)7-8-15-11-14/h12,15,17H,4-11H2,1-3H3. The van der Waals surface area contributed by atoms with E-state index in [1.807, 2.05) is 4.90 Å². The summed E-state index contributed by atoms with van der Waals surface area (Å²) in [5.74, 6) is 0.234. The Morgan fingerprint density at radius 3 is 2.44 bits per heavy atom. The van der Waals surface area contributed by atoms with E-state index >= 15 is 0 Å². The number of carbonyl (C=O) groups is 1. The fourth-order valence-corrected chi connectivity index (χ4v) is 2.97. The largest absolute Gasteiger partial charge is 0.395 e. The first-order chi connectivity index (χ1) is 8.65. The third-order valence-electron chi connectivity index (χ3n) is 4.36. The summed E-state index contributed by atoms with van der Waals surface area (Å²) in [5.41, 5.74) is -0.238. The number of hydrogen-bond acceptors (Lipinski definition) is 3. The summed E-state index contributed by atoms with van der Waals surface area (Å²) in [6.07, 6.45) is 3.70. The van der Waals surface area contributed by atoms with Gasteiger partial charge in [-0.3, -0.25) is 4.79 Å². The molecule has 0 bridgehead atoms. The van der Waals surface area contributed by atoms with Crippen LogP contribution in [0.15, 0.2) is 0 Å². The topological polar surface area (TPSA) is 52.6 Å². The molecule has 0 aliphatic carbocycles. The molecule has 0 aromatic rings. The monoisotopic (exact) mass is 256 g/mol. The van der Waals surface area contributed by atoms with Crippen LogP contribution in [0.2, 0.25) is 0 Å². The summed E-state index contributed by atoms with van der Waals surface area (Å²) in [6.45, 7) is 8.53. The second-order valence-electron chi connectivity index (χ2n) is 5.25. The zero-order valence-electron chi connectivity index (χ0n) is 12.0. The van der Waals surface area contributed by atoms with Gasteiger partial charge in [-0.2, -0.15) is 0 Å². The second-order valence-corrected chi connectivity index (χ2v) is 5.25. The lowest BCUT2D eigenvalue weighted by Crippen LogP contribution is -2.50. The Morgan fingerprint density at radius 1 is 1.39 bits per heavy atom.